The van der Waals surface area contributed by atoms with Gasteiger partial charge in [0, 0.05) is 22.6 Å². The fourth-order valence-corrected chi connectivity index (χ4v) is 2.88. The largest absolute Gasteiger partial charge is 0.481 e. The first-order chi connectivity index (χ1) is 8.97. The summed E-state index contributed by atoms with van der Waals surface area (Å²) >= 11 is 3.24. The zero-order chi connectivity index (χ0) is 14.0. The highest BCUT2D eigenvalue weighted by Crippen LogP contribution is 2.25. The van der Waals surface area contributed by atoms with Crippen molar-refractivity contribution in [3.8, 4) is 0 Å². The molecule has 1 aromatic rings. The normalized spacial score (nSPS) is 24.4. The van der Waals surface area contributed by atoms with Crippen molar-refractivity contribution in [2.24, 2.45) is 5.92 Å². The maximum Gasteiger partial charge on any atom is 0.306 e. The van der Waals surface area contributed by atoms with E-state index in [0.29, 0.717) is 31.5 Å². The van der Waals surface area contributed by atoms with Crippen LogP contribution in [0, 0.1) is 11.7 Å². The van der Waals surface area contributed by atoms with Crippen LogP contribution in [0.3, 0.4) is 0 Å². The lowest BCUT2D eigenvalue weighted by atomic mass is 9.91. The fourth-order valence-electron chi connectivity index (χ4n) is 2.55. The molecule has 19 heavy (non-hydrogen) atoms. The highest BCUT2D eigenvalue weighted by Gasteiger charge is 2.29. The molecule has 0 spiro atoms. The topological polar surface area (TPSA) is 40.5 Å². The summed E-state index contributed by atoms with van der Waals surface area (Å²) in [7, 11) is 0. The number of halogens is 2. The van der Waals surface area contributed by atoms with Gasteiger partial charge in [-0.15, -0.1) is 0 Å². The van der Waals surface area contributed by atoms with Crippen LogP contribution in [0.2, 0.25) is 0 Å². The predicted octanol–water partition coefficient (Wildman–Crippen LogP) is 3.27. The summed E-state index contributed by atoms with van der Waals surface area (Å²) in [6.07, 6.45) is 1.27. The molecular formula is C14H17BrFNO2. The molecule has 1 aliphatic heterocycles. The van der Waals surface area contributed by atoms with Gasteiger partial charge in [0.25, 0.3) is 0 Å². The Bertz CT molecular complexity index is 481. The minimum atomic E-state index is -0.721. The standard InChI is InChI=1S/C14H17BrFNO2/c1-9-6-10(14(18)19)4-5-17(9)8-11-2-3-12(15)7-13(11)16/h2-3,7,9-10H,4-6,8H2,1H3,(H,18,19). The van der Waals surface area contributed by atoms with Gasteiger partial charge in [-0.05, 0) is 38.4 Å². The number of nitrogens with zero attached hydrogens (tertiary/aromatic N) is 1. The second-order valence-corrected chi connectivity index (χ2v) is 6.03. The molecule has 1 aromatic carbocycles. The summed E-state index contributed by atoms with van der Waals surface area (Å²) in [4.78, 5) is 13.1. The van der Waals surface area contributed by atoms with Crippen molar-refractivity contribution in [3.05, 3.63) is 34.1 Å². The van der Waals surface area contributed by atoms with E-state index in [1.165, 1.54) is 6.07 Å². The lowest BCUT2D eigenvalue weighted by molar-refractivity contribution is -0.144. The van der Waals surface area contributed by atoms with Crippen LogP contribution in [0.4, 0.5) is 4.39 Å². The predicted molar refractivity (Wildman–Crippen MR) is 74.3 cm³/mol. The van der Waals surface area contributed by atoms with Crippen molar-refractivity contribution in [3.63, 3.8) is 0 Å². The van der Waals surface area contributed by atoms with Gasteiger partial charge in [-0.25, -0.2) is 4.39 Å². The molecule has 3 nitrogen and oxygen atoms in total. The number of carboxylic acids is 1. The zero-order valence-electron chi connectivity index (χ0n) is 10.8. The zero-order valence-corrected chi connectivity index (χ0v) is 12.4. The molecule has 0 radical (unpaired) electrons. The fraction of sp³-hybridized carbons (Fsp3) is 0.500. The molecule has 2 unspecified atom stereocenters. The van der Waals surface area contributed by atoms with E-state index in [0.717, 1.165) is 4.47 Å². The molecule has 1 saturated heterocycles. The molecule has 104 valence electrons. The molecule has 0 amide bonds. The molecule has 1 fully saturated rings. The summed E-state index contributed by atoms with van der Waals surface area (Å²) in [5, 5.41) is 9.02. The minimum Gasteiger partial charge on any atom is -0.481 e. The van der Waals surface area contributed by atoms with Crippen molar-refractivity contribution in [2.75, 3.05) is 6.54 Å². The van der Waals surface area contributed by atoms with E-state index in [1.807, 2.05) is 13.0 Å². The average Bonchev–Trinajstić information content (AvgIpc) is 2.34. The Morgan fingerprint density at radius 2 is 2.32 bits per heavy atom. The van der Waals surface area contributed by atoms with Crippen molar-refractivity contribution < 1.29 is 14.3 Å². The van der Waals surface area contributed by atoms with Crippen LogP contribution in [0.1, 0.15) is 25.3 Å². The van der Waals surface area contributed by atoms with Gasteiger partial charge in [0.1, 0.15) is 5.82 Å². The van der Waals surface area contributed by atoms with E-state index in [2.05, 4.69) is 20.8 Å². The summed E-state index contributed by atoms with van der Waals surface area (Å²) in [6, 6.07) is 5.23. The van der Waals surface area contributed by atoms with E-state index < -0.39 is 5.97 Å². The number of rotatable bonds is 3. The Morgan fingerprint density at radius 3 is 2.89 bits per heavy atom. The Hall–Kier alpha value is -0.940. The molecular weight excluding hydrogens is 313 g/mol. The lowest BCUT2D eigenvalue weighted by Gasteiger charge is -2.36. The Labute approximate surface area is 120 Å². The van der Waals surface area contributed by atoms with Crippen LogP contribution in [0.5, 0.6) is 0 Å². The third-order valence-electron chi connectivity index (χ3n) is 3.75. The molecule has 1 heterocycles. The van der Waals surface area contributed by atoms with Crippen LogP contribution in [-0.4, -0.2) is 28.6 Å². The van der Waals surface area contributed by atoms with Crippen molar-refractivity contribution in [1.82, 2.24) is 4.90 Å². The maximum absolute atomic E-state index is 13.8. The van der Waals surface area contributed by atoms with E-state index in [4.69, 9.17) is 5.11 Å². The summed E-state index contributed by atoms with van der Waals surface area (Å²) in [5.41, 5.74) is 0.656. The summed E-state index contributed by atoms with van der Waals surface area (Å²) < 4.78 is 14.5. The molecule has 2 rings (SSSR count). The van der Waals surface area contributed by atoms with Gasteiger partial charge in [-0.2, -0.15) is 0 Å². The third kappa shape index (κ3) is 3.54. The number of likely N-dealkylation sites (tertiary alicyclic amines) is 1. The molecule has 1 aliphatic rings. The van der Waals surface area contributed by atoms with Crippen molar-refractivity contribution in [1.29, 1.82) is 0 Å². The molecule has 5 heteroatoms. The Balaban J connectivity index is 2.02. The number of piperidine rings is 1. The number of carbonyl (C=O) groups is 1. The molecule has 0 aromatic heterocycles. The Morgan fingerprint density at radius 1 is 1.58 bits per heavy atom. The van der Waals surface area contributed by atoms with Gasteiger partial charge in [0.15, 0.2) is 0 Å². The summed E-state index contributed by atoms with van der Waals surface area (Å²) in [6.45, 7) is 3.24. The van der Waals surface area contributed by atoms with Crippen LogP contribution in [0.25, 0.3) is 0 Å². The second kappa shape index (κ2) is 6.01. The highest BCUT2D eigenvalue weighted by molar-refractivity contribution is 9.10. The lowest BCUT2D eigenvalue weighted by Crippen LogP contribution is -2.42. The number of carboxylic acid groups (broad SMARTS) is 1. The van der Waals surface area contributed by atoms with E-state index in [9.17, 15) is 9.18 Å². The molecule has 0 bridgehead atoms. The Kier molecular flexibility index (Phi) is 4.58. The minimum absolute atomic E-state index is 0.165. The molecule has 2 atom stereocenters. The maximum atomic E-state index is 13.8. The SMILES string of the molecule is CC1CC(C(=O)O)CCN1Cc1ccc(Br)cc1F. The van der Waals surface area contributed by atoms with Gasteiger partial charge in [0.05, 0.1) is 5.92 Å². The van der Waals surface area contributed by atoms with Gasteiger partial charge < -0.3 is 5.11 Å². The number of aliphatic carboxylic acids is 1. The van der Waals surface area contributed by atoms with E-state index in [-0.39, 0.29) is 17.8 Å². The van der Waals surface area contributed by atoms with Gasteiger partial charge in [-0.3, -0.25) is 9.69 Å². The van der Waals surface area contributed by atoms with Crippen molar-refractivity contribution in [2.45, 2.75) is 32.4 Å². The first kappa shape index (κ1) is 14.5. The van der Waals surface area contributed by atoms with E-state index >= 15 is 0 Å². The smallest absolute Gasteiger partial charge is 0.306 e. The van der Waals surface area contributed by atoms with Crippen LogP contribution in [0.15, 0.2) is 22.7 Å². The third-order valence-corrected chi connectivity index (χ3v) is 4.24. The molecule has 1 N–H and O–H groups in total. The first-order valence-corrected chi connectivity index (χ1v) is 7.17. The van der Waals surface area contributed by atoms with Crippen molar-refractivity contribution >= 4 is 21.9 Å². The number of benzene rings is 1. The number of hydrogen-bond donors (Lipinski definition) is 1. The van der Waals surface area contributed by atoms with Crippen LogP contribution < -0.4 is 0 Å². The summed E-state index contributed by atoms with van der Waals surface area (Å²) in [5.74, 6) is -1.20. The average molecular weight is 330 g/mol. The van der Waals surface area contributed by atoms with Gasteiger partial charge in [0.2, 0.25) is 0 Å². The molecule has 0 aliphatic carbocycles. The van der Waals surface area contributed by atoms with Gasteiger partial charge in [-0.1, -0.05) is 22.0 Å². The first-order valence-electron chi connectivity index (χ1n) is 6.38. The monoisotopic (exact) mass is 329 g/mol. The molecule has 0 saturated carbocycles. The van der Waals surface area contributed by atoms with Crippen LogP contribution in [-0.2, 0) is 11.3 Å². The number of hydrogen-bond acceptors (Lipinski definition) is 2. The van der Waals surface area contributed by atoms with E-state index in [1.54, 1.807) is 6.07 Å². The second-order valence-electron chi connectivity index (χ2n) is 5.11. The highest BCUT2D eigenvalue weighted by atomic mass is 79.9. The quantitative estimate of drug-likeness (QED) is 0.925. The van der Waals surface area contributed by atoms with Gasteiger partial charge >= 0.3 is 5.97 Å². The van der Waals surface area contributed by atoms with Crippen LogP contribution >= 0.6 is 15.9 Å².